The third kappa shape index (κ3) is 7.24. The van der Waals surface area contributed by atoms with Crippen molar-refractivity contribution in [3.63, 3.8) is 0 Å². The van der Waals surface area contributed by atoms with E-state index in [9.17, 15) is 4.79 Å². The van der Waals surface area contributed by atoms with Crippen LogP contribution in [0.5, 0.6) is 0 Å². The molecule has 0 aliphatic carbocycles. The van der Waals surface area contributed by atoms with E-state index in [1.54, 1.807) is 6.92 Å². The normalized spacial score (nSPS) is 10.5. The highest BCUT2D eigenvalue weighted by atomic mass is 35.5. The van der Waals surface area contributed by atoms with Gasteiger partial charge in [0.15, 0.2) is 0 Å². The molecule has 0 spiro atoms. The van der Waals surface area contributed by atoms with Crippen LogP contribution in [0.3, 0.4) is 0 Å². The van der Waals surface area contributed by atoms with E-state index >= 15 is 0 Å². The average molecular weight is 410 g/mol. The summed E-state index contributed by atoms with van der Waals surface area (Å²) in [5.41, 5.74) is 0.296. The number of hydrogen-bond acceptors (Lipinski definition) is 5. The van der Waals surface area contributed by atoms with Crippen molar-refractivity contribution in [3.05, 3.63) is 71.8 Å². The van der Waals surface area contributed by atoms with Crippen LogP contribution < -0.4 is 0 Å². The zero-order chi connectivity index (χ0) is 20.1. The number of ether oxygens (including phenoxy) is 2. The van der Waals surface area contributed by atoms with Gasteiger partial charge in [-0.25, -0.2) is 4.79 Å². The standard InChI is InChI=1S/C20H25NO3.C2H6O.ClH/c1-4-24-20(17-11-7-5-8-12-17,18-13-9-6-10-14-18)19(22)23-16-15-21(2)3;1-2-3;/h5-14H,4,15-16H2,1-3H3;3H,2H2,1H3;1H. The number of halogens is 1. The minimum absolute atomic E-state index is 0. The Morgan fingerprint density at radius 1 is 0.964 bits per heavy atom. The second-order valence-corrected chi connectivity index (χ2v) is 6.10. The first-order valence-electron chi connectivity index (χ1n) is 9.20. The Kier molecular flexibility index (Phi) is 13.2. The molecule has 156 valence electrons. The van der Waals surface area contributed by atoms with E-state index in [1.165, 1.54) is 0 Å². The number of nitrogens with zero attached hydrogens (tertiary/aromatic N) is 1. The minimum atomic E-state index is -1.25. The second kappa shape index (κ2) is 14.1. The van der Waals surface area contributed by atoms with Crippen LogP contribution in [0, 0.1) is 0 Å². The highest BCUT2D eigenvalue weighted by Crippen LogP contribution is 2.35. The lowest BCUT2D eigenvalue weighted by Gasteiger charge is -2.32. The summed E-state index contributed by atoms with van der Waals surface area (Å²) in [5.74, 6) is -0.386. The predicted molar refractivity (Wildman–Crippen MR) is 115 cm³/mol. The number of carbonyl (C=O) groups is 1. The van der Waals surface area contributed by atoms with Crippen molar-refractivity contribution in [2.24, 2.45) is 0 Å². The maximum atomic E-state index is 13.1. The van der Waals surface area contributed by atoms with Crippen molar-refractivity contribution >= 4 is 18.4 Å². The van der Waals surface area contributed by atoms with Crippen molar-refractivity contribution in [2.45, 2.75) is 19.4 Å². The molecule has 2 aromatic rings. The van der Waals surface area contributed by atoms with Crippen LogP contribution in [0.4, 0.5) is 0 Å². The Balaban J connectivity index is 0.00000171. The van der Waals surface area contributed by atoms with Gasteiger partial charge in [-0.2, -0.15) is 0 Å². The topological polar surface area (TPSA) is 59.0 Å². The zero-order valence-electron chi connectivity index (χ0n) is 17.1. The third-order valence-corrected chi connectivity index (χ3v) is 3.78. The molecule has 2 aromatic carbocycles. The molecule has 0 bridgehead atoms. The van der Waals surface area contributed by atoms with Crippen molar-refractivity contribution < 1.29 is 19.4 Å². The first-order chi connectivity index (χ1) is 13.0. The summed E-state index contributed by atoms with van der Waals surface area (Å²) >= 11 is 0. The Morgan fingerprint density at radius 2 is 1.39 bits per heavy atom. The van der Waals surface area contributed by atoms with Crippen LogP contribution >= 0.6 is 12.4 Å². The van der Waals surface area contributed by atoms with Gasteiger partial charge in [0, 0.05) is 19.8 Å². The molecule has 0 heterocycles. The van der Waals surface area contributed by atoms with Gasteiger partial charge in [0.2, 0.25) is 5.60 Å². The van der Waals surface area contributed by atoms with Crippen molar-refractivity contribution in [2.75, 3.05) is 40.5 Å². The number of hydrogen-bond donors (Lipinski definition) is 1. The van der Waals surface area contributed by atoms with Crippen LogP contribution in [-0.2, 0) is 19.9 Å². The van der Waals surface area contributed by atoms with Gasteiger partial charge in [0.1, 0.15) is 6.61 Å². The second-order valence-electron chi connectivity index (χ2n) is 6.10. The maximum Gasteiger partial charge on any atom is 0.347 e. The molecule has 0 fully saturated rings. The van der Waals surface area contributed by atoms with Crippen LogP contribution in [0.1, 0.15) is 25.0 Å². The molecule has 0 saturated heterocycles. The zero-order valence-corrected chi connectivity index (χ0v) is 17.9. The van der Waals surface area contributed by atoms with Gasteiger partial charge in [0.25, 0.3) is 0 Å². The SMILES string of the molecule is CCO.CCOC(C(=O)OCCN(C)C)(c1ccccc1)c1ccccc1.Cl. The molecular formula is C22H32ClNO4. The first kappa shape index (κ1) is 26.1. The molecular weight excluding hydrogens is 378 g/mol. The van der Waals surface area contributed by atoms with Crippen molar-refractivity contribution in [1.29, 1.82) is 0 Å². The molecule has 0 radical (unpaired) electrons. The van der Waals surface area contributed by atoms with E-state index in [0.29, 0.717) is 19.8 Å². The van der Waals surface area contributed by atoms with Crippen molar-refractivity contribution in [1.82, 2.24) is 4.90 Å². The summed E-state index contributed by atoms with van der Waals surface area (Å²) in [7, 11) is 3.88. The van der Waals surface area contributed by atoms with E-state index in [0.717, 1.165) is 11.1 Å². The smallest absolute Gasteiger partial charge is 0.347 e. The number of aliphatic hydroxyl groups is 1. The summed E-state index contributed by atoms with van der Waals surface area (Å²) in [4.78, 5) is 15.0. The van der Waals surface area contributed by atoms with Gasteiger partial charge in [-0.3, -0.25) is 0 Å². The number of rotatable bonds is 8. The molecule has 0 aromatic heterocycles. The Labute approximate surface area is 174 Å². The molecule has 0 unspecified atom stereocenters. The van der Waals surface area contributed by atoms with E-state index < -0.39 is 5.60 Å². The quantitative estimate of drug-likeness (QED) is 0.676. The molecule has 0 amide bonds. The summed E-state index contributed by atoms with van der Waals surface area (Å²) in [6, 6.07) is 19.0. The summed E-state index contributed by atoms with van der Waals surface area (Å²) in [5, 5.41) is 7.57. The lowest BCUT2D eigenvalue weighted by atomic mass is 9.86. The number of esters is 1. The lowest BCUT2D eigenvalue weighted by Crippen LogP contribution is -2.42. The summed E-state index contributed by atoms with van der Waals surface area (Å²) < 4.78 is 11.6. The van der Waals surface area contributed by atoms with E-state index in [1.807, 2.05) is 86.6 Å². The van der Waals surface area contributed by atoms with Gasteiger partial charge in [-0.1, -0.05) is 60.7 Å². The van der Waals surface area contributed by atoms with Gasteiger partial charge in [-0.05, 0) is 39.1 Å². The first-order valence-corrected chi connectivity index (χ1v) is 9.20. The molecule has 28 heavy (non-hydrogen) atoms. The number of aliphatic hydroxyl groups excluding tert-OH is 1. The van der Waals surface area contributed by atoms with Crippen LogP contribution in [0.25, 0.3) is 0 Å². The highest BCUT2D eigenvalue weighted by molar-refractivity contribution is 5.86. The Hall–Kier alpha value is -1.92. The van der Waals surface area contributed by atoms with E-state index in [4.69, 9.17) is 14.6 Å². The van der Waals surface area contributed by atoms with Crippen LogP contribution in [0.2, 0.25) is 0 Å². The molecule has 5 nitrogen and oxygen atoms in total. The largest absolute Gasteiger partial charge is 0.462 e. The molecule has 0 saturated carbocycles. The van der Waals surface area contributed by atoms with Crippen molar-refractivity contribution in [3.8, 4) is 0 Å². The molecule has 0 aliphatic heterocycles. The fourth-order valence-electron chi connectivity index (χ4n) is 2.61. The number of carbonyl (C=O) groups excluding carboxylic acids is 1. The Morgan fingerprint density at radius 3 is 1.75 bits per heavy atom. The van der Waals surface area contributed by atoms with Crippen LogP contribution in [0.15, 0.2) is 60.7 Å². The lowest BCUT2D eigenvalue weighted by molar-refractivity contribution is -0.168. The predicted octanol–water partition coefficient (Wildman–Crippen LogP) is 3.49. The Bertz CT molecular complexity index is 611. The van der Waals surface area contributed by atoms with E-state index in [-0.39, 0.29) is 25.0 Å². The molecule has 2 rings (SSSR count). The summed E-state index contributed by atoms with van der Waals surface area (Å²) in [6.07, 6.45) is 0. The van der Waals surface area contributed by atoms with Gasteiger partial charge < -0.3 is 19.5 Å². The van der Waals surface area contributed by atoms with Gasteiger partial charge in [0.05, 0.1) is 0 Å². The fraction of sp³-hybridized carbons (Fsp3) is 0.409. The molecule has 0 aliphatic rings. The molecule has 1 N–H and O–H groups in total. The van der Waals surface area contributed by atoms with Gasteiger partial charge >= 0.3 is 5.97 Å². The molecule has 6 heteroatoms. The minimum Gasteiger partial charge on any atom is -0.462 e. The average Bonchev–Trinajstić information content (AvgIpc) is 2.68. The third-order valence-electron chi connectivity index (χ3n) is 3.78. The fourth-order valence-corrected chi connectivity index (χ4v) is 2.61. The monoisotopic (exact) mass is 409 g/mol. The summed E-state index contributed by atoms with van der Waals surface area (Å²) in [6.45, 7) is 5.19. The molecule has 0 atom stereocenters. The van der Waals surface area contributed by atoms with Crippen LogP contribution in [-0.4, -0.2) is 56.4 Å². The van der Waals surface area contributed by atoms with E-state index in [2.05, 4.69) is 0 Å². The highest BCUT2D eigenvalue weighted by Gasteiger charge is 2.44. The van der Waals surface area contributed by atoms with Gasteiger partial charge in [-0.15, -0.1) is 12.4 Å². The maximum absolute atomic E-state index is 13.1. The number of benzene rings is 2. The number of likely N-dealkylation sites (N-methyl/N-ethyl adjacent to an activating group) is 1.